The molecule has 3 nitrogen and oxygen atoms in total. The molecule has 0 bridgehead atoms. The van der Waals surface area contributed by atoms with Crippen LogP contribution in [-0.2, 0) is 6.54 Å². The third-order valence-electron chi connectivity index (χ3n) is 3.14. The molecular formula is C16H19N3S. The van der Waals surface area contributed by atoms with Crippen LogP contribution >= 0.6 is 12.2 Å². The van der Waals surface area contributed by atoms with E-state index in [-0.39, 0.29) is 0 Å². The molecule has 2 rings (SSSR count). The number of hydrogen-bond donors (Lipinski definition) is 1. The second kappa shape index (κ2) is 6.48. The van der Waals surface area contributed by atoms with Crippen LogP contribution in [0, 0.1) is 0 Å². The number of benzene rings is 1. The van der Waals surface area contributed by atoms with Crippen LogP contribution in [0.25, 0.3) is 0 Å². The molecule has 0 aliphatic carbocycles. The topological polar surface area (TPSA) is 42.1 Å². The number of rotatable bonds is 5. The standard InChI is InChI=1S/C16H19N3S/c1-12(2)19(11-13-6-4-3-5-7-13)15-10-14(16(17)20)8-9-18-15/h3-10,12H,11H2,1-2H3,(H2,17,20). The molecular weight excluding hydrogens is 266 g/mol. The third kappa shape index (κ3) is 3.54. The van der Waals surface area contributed by atoms with Gasteiger partial charge in [-0.1, -0.05) is 42.5 Å². The summed E-state index contributed by atoms with van der Waals surface area (Å²) in [6.07, 6.45) is 1.75. The predicted molar refractivity (Wildman–Crippen MR) is 87.9 cm³/mol. The van der Waals surface area contributed by atoms with Gasteiger partial charge in [-0.05, 0) is 31.5 Å². The Morgan fingerprint density at radius 3 is 2.55 bits per heavy atom. The molecule has 1 heterocycles. The van der Waals surface area contributed by atoms with E-state index < -0.39 is 0 Å². The van der Waals surface area contributed by atoms with Crippen LogP contribution in [0.2, 0.25) is 0 Å². The lowest BCUT2D eigenvalue weighted by atomic mass is 10.1. The van der Waals surface area contributed by atoms with Crippen molar-refractivity contribution < 1.29 is 0 Å². The lowest BCUT2D eigenvalue weighted by molar-refractivity contribution is 0.672. The summed E-state index contributed by atoms with van der Waals surface area (Å²) in [5, 5.41) is 0. The molecule has 4 heteroatoms. The molecule has 0 atom stereocenters. The van der Waals surface area contributed by atoms with Gasteiger partial charge in [-0.25, -0.2) is 4.98 Å². The summed E-state index contributed by atoms with van der Waals surface area (Å²) in [7, 11) is 0. The van der Waals surface area contributed by atoms with Gasteiger partial charge in [-0.15, -0.1) is 0 Å². The van der Waals surface area contributed by atoms with E-state index >= 15 is 0 Å². The molecule has 0 fully saturated rings. The van der Waals surface area contributed by atoms with E-state index in [0.717, 1.165) is 17.9 Å². The molecule has 20 heavy (non-hydrogen) atoms. The minimum absolute atomic E-state index is 0.337. The first-order valence-electron chi connectivity index (χ1n) is 6.64. The zero-order valence-electron chi connectivity index (χ0n) is 11.8. The summed E-state index contributed by atoms with van der Waals surface area (Å²) >= 11 is 5.04. The van der Waals surface area contributed by atoms with E-state index in [1.165, 1.54) is 5.56 Å². The maximum absolute atomic E-state index is 5.70. The zero-order chi connectivity index (χ0) is 14.5. The van der Waals surface area contributed by atoms with Crippen LogP contribution in [0.3, 0.4) is 0 Å². The first-order valence-corrected chi connectivity index (χ1v) is 7.05. The fourth-order valence-electron chi connectivity index (χ4n) is 2.04. The van der Waals surface area contributed by atoms with Gasteiger partial charge < -0.3 is 10.6 Å². The fourth-order valence-corrected chi connectivity index (χ4v) is 2.16. The lowest BCUT2D eigenvalue weighted by Crippen LogP contribution is -2.31. The summed E-state index contributed by atoms with van der Waals surface area (Å²) in [4.78, 5) is 7.08. The Hall–Kier alpha value is -1.94. The summed E-state index contributed by atoms with van der Waals surface area (Å²) in [5.74, 6) is 0.897. The molecule has 0 aliphatic heterocycles. The summed E-state index contributed by atoms with van der Waals surface area (Å²) in [6.45, 7) is 5.11. The molecule has 1 aromatic heterocycles. The quantitative estimate of drug-likeness (QED) is 0.857. The molecule has 0 radical (unpaired) electrons. The summed E-state index contributed by atoms with van der Waals surface area (Å²) < 4.78 is 0. The average Bonchev–Trinajstić information content (AvgIpc) is 2.45. The average molecular weight is 285 g/mol. The second-order valence-corrected chi connectivity index (χ2v) is 5.41. The molecule has 0 spiro atoms. The van der Waals surface area contributed by atoms with Crippen LogP contribution in [-0.4, -0.2) is 16.0 Å². The van der Waals surface area contributed by atoms with Gasteiger partial charge in [0.1, 0.15) is 10.8 Å². The minimum atomic E-state index is 0.337. The van der Waals surface area contributed by atoms with Crippen LogP contribution in [0.4, 0.5) is 5.82 Å². The first kappa shape index (κ1) is 14.5. The monoisotopic (exact) mass is 285 g/mol. The van der Waals surface area contributed by atoms with E-state index in [2.05, 4.69) is 35.9 Å². The maximum atomic E-state index is 5.70. The molecule has 0 saturated carbocycles. The van der Waals surface area contributed by atoms with Crippen molar-refractivity contribution in [3.8, 4) is 0 Å². The zero-order valence-corrected chi connectivity index (χ0v) is 12.6. The van der Waals surface area contributed by atoms with Gasteiger partial charge in [0.05, 0.1) is 0 Å². The number of anilines is 1. The Bertz CT molecular complexity index is 581. The Morgan fingerprint density at radius 1 is 1.25 bits per heavy atom. The Kier molecular flexibility index (Phi) is 4.69. The Labute approximate surface area is 125 Å². The summed E-state index contributed by atoms with van der Waals surface area (Å²) in [5.41, 5.74) is 7.80. The molecule has 0 amide bonds. The number of nitrogens with two attached hydrogens (primary N) is 1. The van der Waals surface area contributed by atoms with E-state index in [4.69, 9.17) is 18.0 Å². The van der Waals surface area contributed by atoms with Crippen molar-refractivity contribution in [1.29, 1.82) is 0 Å². The number of pyridine rings is 1. The molecule has 0 unspecified atom stereocenters. The molecule has 1 aromatic carbocycles. The van der Waals surface area contributed by atoms with E-state index in [1.807, 2.05) is 30.3 Å². The van der Waals surface area contributed by atoms with Crippen molar-refractivity contribution in [2.45, 2.75) is 26.4 Å². The van der Waals surface area contributed by atoms with Gasteiger partial charge in [0, 0.05) is 24.3 Å². The molecule has 104 valence electrons. The summed E-state index contributed by atoms with van der Waals surface area (Å²) in [6, 6.07) is 14.5. The number of aromatic nitrogens is 1. The second-order valence-electron chi connectivity index (χ2n) is 4.97. The van der Waals surface area contributed by atoms with Gasteiger partial charge in [0.25, 0.3) is 0 Å². The Morgan fingerprint density at radius 2 is 1.95 bits per heavy atom. The third-order valence-corrected chi connectivity index (χ3v) is 3.38. The van der Waals surface area contributed by atoms with Crippen LogP contribution in [0.5, 0.6) is 0 Å². The highest BCUT2D eigenvalue weighted by atomic mass is 32.1. The Balaban J connectivity index is 2.29. The van der Waals surface area contributed by atoms with Gasteiger partial charge in [0.15, 0.2) is 0 Å². The van der Waals surface area contributed by atoms with Gasteiger partial charge in [0.2, 0.25) is 0 Å². The van der Waals surface area contributed by atoms with E-state index in [0.29, 0.717) is 11.0 Å². The van der Waals surface area contributed by atoms with Crippen molar-refractivity contribution in [3.63, 3.8) is 0 Å². The highest BCUT2D eigenvalue weighted by Gasteiger charge is 2.13. The fraction of sp³-hybridized carbons (Fsp3) is 0.250. The van der Waals surface area contributed by atoms with Gasteiger partial charge in [-0.3, -0.25) is 0 Å². The highest BCUT2D eigenvalue weighted by Crippen LogP contribution is 2.18. The van der Waals surface area contributed by atoms with Crippen molar-refractivity contribution in [2.24, 2.45) is 5.73 Å². The first-order chi connectivity index (χ1) is 9.58. The van der Waals surface area contributed by atoms with Crippen molar-refractivity contribution >= 4 is 23.0 Å². The van der Waals surface area contributed by atoms with Crippen LogP contribution < -0.4 is 10.6 Å². The number of nitrogens with zero attached hydrogens (tertiary/aromatic N) is 2. The molecule has 0 saturated heterocycles. The maximum Gasteiger partial charge on any atom is 0.129 e. The van der Waals surface area contributed by atoms with E-state index in [9.17, 15) is 0 Å². The molecule has 0 aliphatic rings. The number of hydrogen-bond acceptors (Lipinski definition) is 3. The highest BCUT2D eigenvalue weighted by molar-refractivity contribution is 7.80. The normalized spacial score (nSPS) is 10.6. The minimum Gasteiger partial charge on any atom is -0.389 e. The van der Waals surface area contributed by atoms with Crippen LogP contribution in [0.1, 0.15) is 25.0 Å². The van der Waals surface area contributed by atoms with Crippen LogP contribution in [0.15, 0.2) is 48.7 Å². The van der Waals surface area contributed by atoms with Gasteiger partial charge in [-0.2, -0.15) is 0 Å². The lowest BCUT2D eigenvalue weighted by Gasteiger charge is -2.28. The van der Waals surface area contributed by atoms with Crippen molar-refractivity contribution in [1.82, 2.24) is 4.98 Å². The SMILES string of the molecule is CC(C)N(Cc1ccccc1)c1cc(C(N)=S)ccn1. The predicted octanol–water partition coefficient (Wildman–Crippen LogP) is 3.13. The molecule has 2 N–H and O–H groups in total. The van der Waals surface area contributed by atoms with Crippen molar-refractivity contribution in [2.75, 3.05) is 4.90 Å². The van der Waals surface area contributed by atoms with Crippen molar-refractivity contribution in [3.05, 3.63) is 59.8 Å². The molecule has 2 aromatic rings. The van der Waals surface area contributed by atoms with Gasteiger partial charge >= 0.3 is 0 Å². The number of thiocarbonyl (C=S) groups is 1. The largest absolute Gasteiger partial charge is 0.389 e. The smallest absolute Gasteiger partial charge is 0.129 e. The van der Waals surface area contributed by atoms with E-state index in [1.54, 1.807) is 6.20 Å².